The molecule has 4 heteroatoms. The summed E-state index contributed by atoms with van der Waals surface area (Å²) in [4.78, 5) is 18.0. The standard InChI is InChI=1S/C29H41N3O/c1-18-7-10-28(3)21(13-18)14-19(2)27-23-6-5-22(29(23,4)11-8-24(27)28)26(33)17-32-25-16-30-12-9-20(25)15-31-32/h9,12,15-16,18-19,21-24,27H,5-8,10-11,13-14,17H2,1-4H3/t18?,19?,21?,22-,23?,24?,27?,28?,29?/m1/s1. The Bertz CT molecular complexity index is 1060. The van der Waals surface area contributed by atoms with Gasteiger partial charge in [-0.3, -0.25) is 14.5 Å². The van der Waals surface area contributed by atoms with Gasteiger partial charge in [0.05, 0.1) is 17.9 Å². The molecule has 6 rings (SSSR count). The van der Waals surface area contributed by atoms with E-state index in [0.29, 0.717) is 23.7 Å². The average Bonchev–Trinajstić information content (AvgIpc) is 3.36. The number of carbonyl (C=O) groups excluding carboxylic acids is 1. The van der Waals surface area contributed by atoms with Gasteiger partial charge < -0.3 is 0 Å². The Morgan fingerprint density at radius 1 is 1.03 bits per heavy atom. The fraction of sp³-hybridized carbons (Fsp3) is 0.759. The zero-order valence-corrected chi connectivity index (χ0v) is 21.0. The molecule has 0 saturated heterocycles. The summed E-state index contributed by atoms with van der Waals surface area (Å²) in [7, 11) is 0. The summed E-state index contributed by atoms with van der Waals surface area (Å²) in [5.74, 6) is 5.60. The molecule has 2 heterocycles. The zero-order chi connectivity index (χ0) is 23.0. The lowest BCUT2D eigenvalue weighted by Crippen LogP contribution is -2.56. The number of hydrogen-bond acceptors (Lipinski definition) is 3. The smallest absolute Gasteiger partial charge is 0.157 e. The molecule has 33 heavy (non-hydrogen) atoms. The first-order chi connectivity index (χ1) is 15.8. The highest BCUT2D eigenvalue weighted by Crippen LogP contribution is 2.69. The molecule has 2 aromatic heterocycles. The van der Waals surface area contributed by atoms with Crippen LogP contribution >= 0.6 is 0 Å². The largest absolute Gasteiger partial charge is 0.297 e. The monoisotopic (exact) mass is 447 g/mol. The van der Waals surface area contributed by atoms with Crippen LogP contribution < -0.4 is 0 Å². The van der Waals surface area contributed by atoms with E-state index < -0.39 is 0 Å². The van der Waals surface area contributed by atoms with Crippen molar-refractivity contribution in [2.24, 2.45) is 52.3 Å². The number of carbonyl (C=O) groups is 1. The SMILES string of the molecule is CC1CCC2(C)C(C1)CC(C)C1C2CCC2(C)C1CC[C@@H]2C(=O)Cn1ncc2ccncc21. The number of ketones is 1. The van der Waals surface area contributed by atoms with Crippen LogP contribution in [0.1, 0.15) is 79.1 Å². The molecule has 4 saturated carbocycles. The van der Waals surface area contributed by atoms with E-state index in [2.05, 4.69) is 37.8 Å². The van der Waals surface area contributed by atoms with Crippen molar-refractivity contribution in [2.45, 2.75) is 85.6 Å². The highest BCUT2D eigenvalue weighted by molar-refractivity contribution is 5.84. The second kappa shape index (κ2) is 7.65. The number of nitrogens with zero attached hydrogens (tertiary/aromatic N) is 3. The number of pyridine rings is 1. The summed E-state index contributed by atoms with van der Waals surface area (Å²) in [6, 6.07) is 1.97. The summed E-state index contributed by atoms with van der Waals surface area (Å²) in [5, 5.41) is 5.59. The van der Waals surface area contributed by atoms with Gasteiger partial charge in [0.15, 0.2) is 5.78 Å². The molecule has 8 unspecified atom stereocenters. The number of Topliss-reactive ketones (excluding diaryl/α,β-unsaturated/α-hetero) is 1. The van der Waals surface area contributed by atoms with E-state index in [0.717, 1.165) is 46.9 Å². The Morgan fingerprint density at radius 2 is 1.82 bits per heavy atom. The third kappa shape index (κ3) is 3.18. The summed E-state index contributed by atoms with van der Waals surface area (Å²) in [5.41, 5.74) is 1.67. The van der Waals surface area contributed by atoms with Crippen LogP contribution in [0.15, 0.2) is 24.7 Å². The minimum atomic E-state index is 0.166. The maximum absolute atomic E-state index is 13.7. The molecule has 178 valence electrons. The molecule has 4 aliphatic carbocycles. The van der Waals surface area contributed by atoms with E-state index >= 15 is 0 Å². The molecule has 4 aliphatic rings. The molecule has 2 aromatic rings. The van der Waals surface area contributed by atoms with Crippen LogP contribution in [0.25, 0.3) is 10.9 Å². The predicted octanol–water partition coefficient (Wildman–Crippen LogP) is 6.54. The van der Waals surface area contributed by atoms with Gasteiger partial charge in [-0.2, -0.15) is 5.10 Å². The van der Waals surface area contributed by atoms with Crippen LogP contribution in [0.3, 0.4) is 0 Å². The van der Waals surface area contributed by atoms with Crippen LogP contribution in [0, 0.1) is 52.3 Å². The Morgan fingerprint density at radius 3 is 2.67 bits per heavy atom. The Hall–Kier alpha value is -1.71. The number of hydrogen-bond donors (Lipinski definition) is 0. The molecule has 0 radical (unpaired) electrons. The molecule has 0 aliphatic heterocycles. The minimum Gasteiger partial charge on any atom is -0.297 e. The van der Waals surface area contributed by atoms with Gasteiger partial charge in [0.2, 0.25) is 0 Å². The highest BCUT2D eigenvalue weighted by Gasteiger charge is 2.62. The first-order valence-corrected chi connectivity index (χ1v) is 13.6. The quantitative estimate of drug-likeness (QED) is 0.536. The maximum atomic E-state index is 13.7. The normalized spacial score (nSPS) is 44.8. The van der Waals surface area contributed by atoms with Crippen molar-refractivity contribution in [1.29, 1.82) is 0 Å². The number of fused-ring (bicyclic) bond motifs is 6. The maximum Gasteiger partial charge on any atom is 0.157 e. The van der Waals surface area contributed by atoms with Crippen molar-refractivity contribution in [3.8, 4) is 0 Å². The average molecular weight is 448 g/mol. The molecule has 4 nitrogen and oxygen atoms in total. The van der Waals surface area contributed by atoms with Crippen molar-refractivity contribution in [3.05, 3.63) is 24.7 Å². The fourth-order valence-corrected chi connectivity index (χ4v) is 9.68. The summed E-state index contributed by atoms with van der Waals surface area (Å²) in [6.45, 7) is 10.6. The molecule has 9 atom stereocenters. The van der Waals surface area contributed by atoms with Crippen LogP contribution in [0.4, 0.5) is 0 Å². The van der Waals surface area contributed by atoms with Gasteiger partial charge in [-0.1, -0.05) is 34.1 Å². The van der Waals surface area contributed by atoms with E-state index in [-0.39, 0.29) is 11.3 Å². The second-order valence-electron chi connectivity index (χ2n) is 13.0. The third-order valence-corrected chi connectivity index (χ3v) is 11.4. The minimum absolute atomic E-state index is 0.166. The van der Waals surface area contributed by atoms with Crippen LogP contribution in [-0.4, -0.2) is 20.5 Å². The van der Waals surface area contributed by atoms with Crippen LogP contribution in [-0.2, 0) is 11.3 Å². The fourth-order valence-electron chi connectivity index (χ4n) is 9.68. The van der Waals surface area contributed by atoms with E-state index in [9.17, 15) is 4.79 Å². The first kappa shape index (κ1) is 21.8. The van der Waals surface area contributed by atoms with E-state index in [1.54, 1.807) is 6.20 Å². The Balaban J connectivity index is 1.25. The second-order valence-corrected chi connectivity index (χ2v) is 13.0. The number of aromatic nitrogens is 3. The van der Waals surface area contributed by atoms with Crippen molar-refractivity contribution < 1.29 is 4.79 Å². The van der Waals surface area contributed by atoms with Gasteiger partial charge in [0.25, 0.3) is 0 Å². The first-order valence-electron chi connectivity index (χ1n) is 13.6. The third-order valence-electron chi connectivity index (χ3n) is 11.4. The zero-order valence-electron chi connectivity index (χ0n) is 21.0. The molecular weight excluding hydrogens is 406 g/mol. The molecule has 0 amide bonds. The molecule has 0 spiro atoms. The molecule has 0 bridgehead atoms. The highest BCUT2D eigenvalue weighted by atomic mass is 16.1. The molecule has 4 fully saturated rings. The number of rotatable bonds is 3. The predicted molar refractivity (Wildman–Crippen MR) is 131 cm³/mol. The van der Waals surface area contributed by atoms with Crippen molar-refractivity contribution >= 4 is 16.7 Å². The van der Waals surface area contributed by atoms with E-state index in [1.807, 2.05) is 23.1 Å². The Kier molecular flexibility index (Phi) is 5.05. The van der Waals surface area contributed by atoms with Gasteiger partial charge in [-0.25, -0.2) is 0 Å². The van der Waals surface area contributed by atoms with Crippen molar-refractivity contribution in [2.75, 3.05) is 0 Å². The van der Waals surface area contributed by atoms with Crippen molar-refractivity contribution in [3.63, 3.8) is 0 Å². The van der Waals surface area contributed by atoms with Crippen molar-refractivity contribution in [1.82, 2.24) is 14.8 Å². The Labute approximate surface area is 198 Å². The topological polar surface area (TPSA) is 47.8 Å². The van der Waals surface area contributed by atoms with Crippen LogP contribution in [0.2, 0.25) is 0 Å². The summed E-state index contributed by atoms with van der Waals surface area (Å²) < 4.78 is 1.88. The lowest BCUT2D eigenvalue weighted by Gasteiger charge is -2.63. The van der Waals surface area contributed by atoms with E-state index in [4.69, 9.17) is 0 Å². The van der Waals surface area contributed by atoms with Gasteiger partial charge in [0.1, 0.15) is 6.54 Å². The molecule has 0 N–H and O–H groups in total. The van der Waals surface area contributed by atoms with Gasteiger partial charge >= 0.3 is 0 Å². The lowest BCUT2D eigenvalue weighted by molar-refractivity contribution is -0.148. The van der Waals surface area contributed by atoms with E-state index in [1.165, 1.54) is 44.9 Å². The molecular formula is C29H41N3O. The molecule has 0 aromatic carbocycles. The lowest BCUT2D eigenvalue weighted by atomic mass is 9.42. The van der Waals surface area contributed by atoms with Gasteiger partial charge in [-0.05, 0) is 97.3 Å². The van der Waals surface area contributed by atoms with Gasteiger partial charge in [-0.15, -0.1) is 0 Å². The summed E-state index contributed by atoms with van der Waals surface area (Å²) in [6.07, 6.45) is 16.1. The summed E-state index contributed by atoms with van der Waals surface area (Å²) >= 11 is 0. The van der Waals surface area contributed by atoms with Crippen LogP contribution in [0.5, 0.6) is 0 Å². The van der Waals surface area contributed by atoms with Gasteiger partial charge in [0, 0.05) is 17.5 Å².